The van der Waals surface area contributed by atoms with Gasteiger partial charge in [0.15, 0.2) is 11.0 Å². The highest BCUT2D eigenvalue weighted by molar-refractivity contribution is 7.99. The van der Waals surface area contributed by atoms with E-state index in [1.807, 2.05) is 60.0 Å². The SMILES string of the molecule is Cc1cccc(C(=O)NCc2nnc(SCC(=O)NC3CCCCC3)n2-c2ccccc2)c1. The highest BCUT2D eigenvalue weighted by Crippen LogP contribution is 2.23. The first-order valence-electron chi connectivity index (χ1n) is 11.4. The first-order valence-corrected chi connectivity index (χ1v) is 12.4. The number of benzene rings is 2. The Morgan fingerprint density at radius 1 is 1.03 bits per heavy atom. The fourth-order valence-corrected chi connectivity index (χ4v) is 4.82. The molecule has 1 aliphatic carbocycles. The lowest BCUT2D eigenvalue weighted by Crippen LogP contribution is -2.37. The largest absolute Gasteiger partial charge is 0.353 e. The molecule has 2 aromatic carbocycles. The van der Waals surface area contributed by atoms with E-state index in [9.17, 15) is 9.59 Å². The lowest BCUT2D eigenvalue weighted by molar-refractivity contribution is -0.119. The Labute approximate surface area is 198 Å². The van der Waals surface area contributed by atoms with Crippen molar-refractivity contribution in [1.29, 1.82) is 0 Å². The Bertz CT molecular complexity index is 1090. The van der Waals surface area contributed by atoms with Crippen molar-refractivity contribution in [2.75, 3.05) is 5.75 Å². The van der Waals surface area contributed by atoms with E-state index >= 15 is 0 Å². The molecule has 0 atom stereocenters. The predicted octanol–water partition coefficient (Wildman–Crippen LogP) is 4.05. The zero-order valence-corrected chi connectivity index (χ0v) is 19.6. The molecule has 1 fully saturated rings. The van der Waals surface area contributed by atoms with Crippen LogP contribution < -0.4 is 10.6 Å². The average molecular weight is 464 g/mol. The van der Waals surface area contributed by atoms with E-state index in [-0.39, 0.29) is 30.2 Å². The summed E-state index contributed by atoms with van der Waals surface area (Å²) in [5.74, 6) is 0.737. The van der Waals surface area contributed by atoms with Crippen LogP contribution in [0.5, 0.6) is 0 Å². The molecule has 33 heavy (non-hydrogen) atoms. The maximum Gasteiger partial charge on any atom is 0.251 e. The van der Waals surface area contributed by atoms with E-state index in [1.54, 1.807) is 6.07 Å². The van der Waals surface area contributed by atoms with Gasteiger partial charge < -0.3 is 10.6 Å². The number of rotatable bonds is 8. The standard InChI is InChI=1S/C25H29N5O2S/c1-18-9-8-10-19(15-18)24(32)26-16-22-28-29-25(30(22)21-13-6-3-7-14-21)33-17-23(31)27-20-11-4-2-5-12-20/h3,6-10,13-15,20H,2,4-5,11-12,16-17H2,1H3,(H,26,32)(H,27,31). The quantitative estimate of drug-likeness (QED) is 0.492. The Morgan fingerprint density at radius 3 is 2.58 bits per heavy atom. The molecule has 1 aromatic heterocycles. The molecule has 2 N–H and O–H groups in total. The summed E-state index contributed by atoms with van der Waals surface area (Å²) < 4.78 is 1.90. The van der Waals surface area contributed by atoms with Crippen LogP contribution in [0.1, 0.15) is 53.8 Å². The second-order valence-electron chi connectivity index (χ2n) is 8.31. The Morgan fingerprint density at radius 2 is 1.82 bits per heavy atom. The second kappa shape index (κ2) is 11.1. The van der Waals surface area contributed by atoms with Gasteiger partial charge in [-0.3, -0.25) is 14.2 Å². The van der Waals surface area contributed by atoms with Crippen molar-refractivity contribution in [3.05, 3.63) is 71.5 Å². The van der Waals surface area contributed by atoms with E-state index in [0.29, 0.717) is 16.5 Å². The van der Waals surface area contributed by atoms with Gasteiger partial charge in [-0.25, -0.2) is 0 Å². The van der Waals surface area contributed by atoms with Crippen LogP contribution in [-0.4, -0.2) is 38.4 Å². The summed E-state index contributed by atoms with van der Waals surface area (Å²) in [6, 6.07) is 17.5. The normalized spacial score (nSPS) is 14.1. The molecule has 172 valence electrons. The highest BCUT2D eigenvalue weighted by atomic mass is 32.2. The number of nitrogens with zero attached hydrogens (tertiary/aromatic N) is 3. The van der Waals surface area contributed by atoms with Crippen LogP contribution in [0.2, 0.25) is 0 Å². The van der Waals surface area contributed by atoms with Gasteiger partial charge in [-0.1, -0.05) is 66.9 Å². The van der Waals surface area contributed by atoms with Crippen LogP contribution in [0.3, 0.4) is 0 Å². The molecule has 2 amide bonds. The molecule has 0 spiro atoms. The maximum atomic E-state index is 12.6. The first kappa shape index (κ1) is 23.0. The zero-order valence-electron chi connectivity index (χ0n) is 18.8. The molecule has 0 saturated heterocycles. The molecule has 0 bridgehead atoms. The number of aryl methyl sites for hydroxylation is 1. The number of thioether (sulfide) groups is 1. The van der Waals surface area contributed by atoms with Crippen LogP contribution >= 0.6 is 11.8 Å². The number of hydrogen-bond acceptors (Lipinski definition) is 5. The lowest BCUT2D eigenvalue weighted by Gasteiger charge is -2.22. The molecule has 1 saturated carbocycles. The zero-order chi connectivity index (χ0) is 23.0. The molecule has 7 nitrogen and oxygen atoms in total. The van der Waals surface area contributed by atoms with Gasteiger partial charge in [-0.05, 0) is 44.0 Å². The molecule has 1 aliphatic rings. The summed E-state index contributed by atoms with van der Waals surface area (Å²) in [6.45, 7) is 2.18. The number of carbonyl (C=O) groups is 2. The summed E-state index contributed by atoms with van der Waals surface area (Å²) in [5.41, 5.74) is 2.52. The van der Waals surface area contributed by atoms with Gasteiger partial charge in [0.05, 0.1) is 12.3 Å². The summed E-state index contributed by atoms with van der Waals surface area (Å²) in [4.78, 5) is 25.1. The van der Waals surface area contributed by atoms with Crippen LogP contribution in [-0.2, 0) is 11.3 Å². The first-order chi connectivity index (χ1) is 16.1. The Kier molecular flexibility index (Phi) is 7.78. The third kappa shape index (κ3) is 6.22. The van der Waals surface area contributed by atoms with Crippen LogP contribution in [0.15, 0.2) is 59.8 Å². The highest BCUT2D eigenvalue weighted by Gasteiger charge is 2.19. The van der Waals surface area contributed by atoms with Crippen molar-refractivity contribution in [3.8, 4) is 5.69 Å². The van der Waals surface area contributed by atoms with Crippen molar-refractivity contribution in [1.82, 2.24) is 25.4 Å². The molecule has 1 heterocycles. The van der Waals surface area contributed by atoms with Crippen LogP contribution in [0.25, 0.3) is 5.69 Å². The average Bonchev–Trinajstić information content (AvgIpc) is 3.25. The molecule has 4 rings (SSSR count). The monoisotopic (exact) mass is 463 g/mol. The fourth-order valence-electron chi connectivity index (χ4n) is 4.04. The summed E-state index contributed by atoms with van der Waals surface area (Å²) in [6.07, 6.45) is 5.73. The minimum atomic E-state index is -0.164. The second-order valence-corrected chi connectivity index (χ2v) is 9.26. The molecule has 0 aliphatic heterocycles. The number of aromatic nitrogens is 3. The molecular weight excluding hydrogens is 434 g/mol. The predicted molar refractivity (Wildman–Crippen MR) is 129 cm³/mol. The Hall–Kier alpha value is -3.13. The number of amides is 2. The fraction of sp³-hybridized carbons (Fsp3) is 0.360. The molecule has 0 unspecified atom stereocenters. The van der Waals surface area contributed by atoms with Crippen molar-refractivity contribution in [3.63, 3.8) is 0 Å². The van der Waals surface area contributed by atoms with Gasteiger partial charge in [0.25, 0.3) is 5.91 Å². The third-order valence-corrected chi connectivity index (χ3v) is 6.63. The van der Waals surface area contributed by atoms with E-state index < -0.39 is 0 Å². The van der Waals surface area contributed by atoms with Crippen molar-refractivity contribution in [2.24, 2.45) is 0 Å². The van der Waals surface area contributed by atoms with Gasteiger partial charge in [0.1, 0.15) is 0 Å². The van der Waals surface area contributed by atoms with E-state index in [2.05, 4.69) is 20.8 Å². The van der Waals surface area contributed by atoms with E-state index in [0.717, 1.165) is 24.1 Å². The van der Waals surface area contributed by atoms with E-state index in [4.69, 9.17) is 0 Å². The lowest BCUT2D eigenvalue weighted by atomic mass is 9.95. The topological polar surface area (TPSA) is 88.9 Å². The van der Waals surface area contributed by atoms with Crippen molar-refractivity contribution >= 4 is 23.6 Å². The molecule has 8 heteroatoms. The van der Waals surface area contributed by atoms with Crippen LogP contribution in [0, 0.1) is 6.92 Å². The summed E-state index contributed by atoms with van der Waals surface area (Å²) in [7, 11) is 0. The van der Waals surface area contributed by atoms with Crippen LogP contribution in [0.4, 0.5) is 0 Å². The van der Waals surface area contributed by atoms with Gasteiger partial charge >= 0.3 is 0 Å². The summed E-state index contributed by atoms with van der Waals surface area (Å²) in [5, 5.41) is 15.3. The van der Waals surface area contributed by atoms with E-state index in [1.165, 1.54) is 31.0 Å². The maximum absolute atomic E-state index is 12.6. The number of para-hydroxylation sites is 1. The Balaban J connectivity index is 1.45. The van der Waals surface area contributed by atoms with Crippen molar-refractivity contribution < 1.29 is 9.59 Å². The number of carbonyl (C=O) groups excluding carboxylic acids is 2. The minimum Gasteiger partial charge on any atom is -0.353 e. The summed E-state index contributed by atoms with van der Waals surface area (Å²) >= 11 is 1.36. The number of nitrogens with one attached hydrogen (secondary N) is 2. The smallest absolute Gasteiger partial charge is 0.251 e. The minimum absolute atomic E-state index is 0.0174. The van der Waals surface area contributed by atoms with Crippen molar-refractivity contribution in [2.45, 2.75) is 56.8 Å². The van der Waals surface area contributed by atoms with Gasteiger partial charge in [0.2, 0.25) is 5.91 Å². The molecular formula is C25H29N5O2S. The van der Waals surface area contributed by atoms with Gasteiger partial charge in [0, 0.05) is 17.3 Å². The number of hydrogen-bond donors (Lipinski definition) is 2. The molecule has 3 aromatic rings. The third-order valence-electron chi connectivity index (χ3n) is 5.70. The van der Waals surface area contributed by atoms with Gasteiger partial charge in [-0.15, -0.1) is 10.2 Å². The van der Waals surface area contributed by atoms with Gasteiger partial charge in [-0.2, -0.15) is 0 Å². The molecule has 0 radical (unpaired) electrons.